The van der Waals surface area contributed by atoms with Crippen molar-refractivity contribution in [3.63, 3.8) is 0 Å². The Balaban J connectivity index is 1.85. The number of ether oxygens (including phenoxy) is 1. The second-order valence-corrected chi connectivity index (χ2v) is 6.12. The van der Waals surface area contributed by atoms with Gasteiger partial charge in [-0.05, 0) is 25.9 Å². The fourth-order valence-corrected chi connectivity index (χ4v) is 2.90. The van der Waals surface area contributed by atoms with Crippen molar-refractivity contribution in [1.29, 1.82) is 0 Å². The van der Waals surface area contributed by atoms with Crippen LogP contribution >= 0.6 is 0 Å². The number of morpholine rings is 1. The van der Waals surface area contributed by atoms with E-state index in [0.717, 1.165) is 13.1 Å². The monoisotopic (exact) mass is 297 g/mol. The number of likely N-dealkylation sites (tertiary alicyclic amines) is 1. The second-order valence-electron chi connectivity index (χ2n) is 6.12. The number of carbonyl (C=O) groups is 2. The molecule has 1 atom stereocenters. The number of carbonyl (C=O) groups excluding carboxylic acids is 2. The predicted octanol–water partition coefficient (Wildman–Crippen LogP) is 0.178. The Morgan fingerprint density at radius 3 is 2.38 bits per heavy atom. The molecule has 6 nitrogen and oxygen atoms in total. The topological polar surface area (TPSA) is 53.1 Å². The average molecular weight is 297 g/mol. The lowest BCUT2D eigenvalue weighted by Gasteiger charge is -2.34. The summed E-state index contributed by atoms with van der Waals surface area (Å²) in [5, 5.41) is 0. The summed E-state index contributed by atoms with van der Waals surface area (Å²) in [6, 6.07) is 0. The van der Waals surface area contributed by atoms with Gasteiger partial charge in [0, 0.05) is 20.6 Å². The molecule has 0 radical (unpaired) electrons. The Labute approximate surface area is 127 Å². The number of nitrogens with zero attached hydrogens (tertiary/aromatic N) is 3. The molecule has 6 heteroatoms. The van der Waals surface area contributed by atoms with Crippen molar-refractivity contribution < 1.29 is 14.3 Å². The van der Waals surface area contributed by atoms with Gasteiger partial charge >= 0.3 is 0 Å². The molecule has 0 aromatic rings. The molecular weight excluding hydrogens is 270 g/mol. The van der Waals surface area contributed by atoms with Crippen molar-refractivity contribution >= 4 is 11.8 Å². The molecule has 2 heterocycles. The molecule has 2 fully saturated rings. The fourth-order valence-electron chi connectivity index (χ4n) is 2.90. The lowest BCUT2D eigenvalue weighted by atomic mass is 10.2. The normalized spacial score (nSPS) is 24.5. The van der Waals surface area contributed by atoms with Crippen molar-refractivity contribution in [2.45, 2.75) is 31.8 Å². The van der Waals surface area contributed by atoms with E-state index in [9.17, 15) is 9.59 Å². The van der Waals surface area contributed by atoms with Crippen molar-refractivity contribution in [3.8, 4) is 0 Å². The molecule has 0 aromatic carbocycles. The van der Waals surface area contributed by atoms with E-state index in [1.807, 2.05) is 0 Å². The quantitative estimate of drug-likeness (QED) is 0.745. The van der Waals surface area contributed by atoms with Crippen molar-refractivity contribution in [1.82, 2.24) is 14.7 Å². The Morgan fingerprint density at radius 1 is 1.10 bits per heavy atom. The molecule has 0 saturated carbocycles. The Kier molecular flexibility index (Phi) is 5.99. The van der Waals surface area contributed by atoms with E-state index < -0.39 is 6.10 Å². The maximum atomic E-state index is 12.4. The molecule has 1 unspecified atom stereocenters. The van der Waals surface area contributed by atoms with Crippen LogP contribution in [-0.4, -0.2) is 86.0 Å². The molecule has 21 heavy (non-hydrogen) atoms. The Hall–Kier alpha value is -1.14. The maximum Gasteiger partial charge on any atom is 0.253 e. The second kappa shape index (κ2) is 7.75. The third-order valence-electron chi connectivity index (χ3n) is 4.19. The first-order valence-electron chi connectivity index (χ1n) is 7.91. The predicted molar refractivity (Wildman–Crippen MR) is 79.9 cm³/mol. The summed E-state index contributed by atoms with van der Waals surface area (Å²) in [6.07, 6.45) is 4.38. The summed E-state index contributed by atoms with van der Waals surface area (Å²) in [5.74, 6) is 0.0547. The lowest BCUT2D eigenvalue weighted by molar-refractivity contribution is -0.152. The smallest absolute Gasteiger partial charge is 0.253 e. The molecule has 2 rings (SSSR count). The van der Waals surface area contributed by atoms with Crippen LogP contribution in [0.5, 0.6) is 0 Å². The minimum Gasteiger partial charge on any atom is -0.365 e. The molecule has 0 N–H and O–H groups in total. The molecule has 120 valence electrons. The van der Waals surface area contributed by atoms with Crippen LogP contribution in [0.3, 0.4) is 0 Å². The van der Waals surface area contributed by atoms with E-state index in [-0.39, 0.29) is 11.8 Å². The van der Waals surface area contributed by atoms with Crippen molar-refractivity contribution in [3.05, 3.63) is 0 Å². The van der Waals surface area contributed by atoms with E-state index in [4.69, 9.17) is 4.74 Å². The molecule has 0 spiro atoms. The average Bonchev–Trinajstić information content (AvgIpc) is 2.75. The first-order valence-corrected chi connectivity index (χ1v) is 7.91. The van der Waals surface area contributed by atoms with Crippen molar-refractivity contribution in [2.24, 2.45) is 0 Å². The van der Waals surface area contributed by atoms with Gasteiger partial charge in [-0.3, -0.25) is 14.5 Å². The van der Waals surface area contributed by atoms with Gasteiger partial charge in [0.15, 0.2) is 6.10 Å². The van der Waals surface area contributed by atoms with Gasteiger partial charge < -0.3 is 14.5 Å². The van der Waals surface area contributed by atoms with Crippen LogP contribution in [0.4, 0.5) is 0 Å². The van der Waals surface area contributed by atoms with Crippen molar-refractivity contribution in [2.75, 3.05) is 53.4 Å². The zero-order chi connectivity index (χ0) is 15.2. The van der Waals surface area contributed by atoms with Gasteiger partial charge in [-0.25, -0.2) is 0 Å². The summed E-state index contributed by atoms with van der Waals surface area (Å²) in [6.45, 7) is 3.90. The van der Waals surface area contributed by atoms with E-state index >= 15 is 0 Å². The van der Waals surface area contributed by atoms with Crippen LogP contribution in [-0.2, 0) is 14.3 Å². The van der Waals surface area contributed by atoms with E-state index in [1.165, 1.54) is 30.6 Å². The molecular formula is C15H27N3O3. The van der Waals surface area contributed by atoms with E-state index in [1.54, 1.807) is 19.0 Å². The van der Waals surface area contributed by atoms with Crippen LogP contribution < -0.4 is 0 Å². The molecule has 0 bridgehead atoms. The van der Waals surface area contributed by atoms with Crippen LogP contribution in [0, 0.1) is 0 Å². The minimum absolute atomic E-state index is 0.0673. The third-order valence-corrected chi connectivity index (χ3v) is 4.19. The number of rotatable bonds is 3. The first kappa shape index (κ1) is 16.2. The zero-order valence-corrected chi connectivity index (χ0v) is 13.2. The Morgan fingerprint density at radius 2 is 1.76 bits per heavy atom. The van der Waals surface area contributed by atoms with E-state index in [0.29, 0.717) is 26.2 Å². The molecule has 0 aromatic heterocycles. The maximum absolute atomic E-state index is 12.4. The number of amides is 2. The standard InChI is InChI=1S/C15H27N3O3/c1-16(2)15(20)13-11-18(9-10-21-13)14(19)12-17-7-5-3-4-6-8-17/h13H,3-12H2,1-2H3. The largest absolute Gasteiger partial charge is 0.365 e. The van der Waals surface area contributed by atoms with Gasteiger partial charge in [0.05, 0.1) is 19.7 Å². The van der Waals surface area contributed by atoms with E-state index in [2.05, 4.69) is 4.90 Å². The van der Waals surface area contributed by atoms with Gasteiger partial charge in [-0.1, -0.05) is 12.8 Å². The summed E-state index contributed by atoms with van der Waals surface area (Å²) in [5.41, 5.74) is 0. The highest BCUT2D eigenvalue weighted by molar-refractivity contribution is 5.83. The number of hydrogen-bond donors (Lipinski definition) is 0. The zero-order valence-electron chi connectivity index (χ0n) is 13.2. The summed E-state index contributed by atoms with van der Waals surface area (Å²) < 4.78 is 5.49. The van der Waals surface area contributed by atoms with Gasteiger partial charge in [-0.15, -0.1) is 0 Å². The Bertz CT molecular complexity index is 365. The van der Waals surface area contributed by atoms with Crippen LogP contribution in [0.15, 0.2) is 0 Å². The molecule has 2 saturated heterocycles. The summed E-state index contributed by atoms with van der Waals surface area (Å²) in [7, 11) is 3.42. The minimum atomic E-state index is -0.512. The highest BCUT2D eigenvalue weighted by atomic mass is 16.5. The van der Waals surface area contributed by atoms with Gasteiger partial charge in [0.25, 0.3) is 5.91 Å². The van der Waals surface area contributed by atoms with Crippen LogP contribution in [0.2, 0.25) is 0 Å². The fraction of sp³-hybridized carbons (Fsp3) is 0.867. The number of hydrogen-bond acceptors (Lipinski definition) is 4. The summed E-state index contributed by atoms with van der Waals surface area (Å²) in [4.78, 5) is 29.9. The molecule has 2 amide bonds. The van der Waals surface area contributed by atoms with Crippen LogP contribution in [0.25, 0.3) is 0 Å². The van der Waals surface area contributed by atoms with Gasteiger partial charge in [-0.2, -0.15) is 0 Å². The van der Waals surface area contributed by atoms with Gasteiger partial charge in [0.1, 0.15) is 0 Å². The first-order chi connectivity index (χ1) is 10.1. The van der Waals surface area contributed by atoms with Crippen LogP contribution in [0.1, 0.15) is 25.7 Å². The molecule has 2 aliphatic rings. The number of likely N-dealkylation sites (N-methyl/N-ethyl adjacent to an activating group) is 1. The lowest BCUT2D eigenvalue weighted by Crippen LogP contribution is -2.53. The molecule has 2 aliphatic heterocycles. The summed E-state index contributed by atoms with van der Waals surface area (Å²) >= 11 is 0. The third kappa shape index (κ3) is 4.68. The highest BCUT2D eigenvalue weighted by Crippen LogP contribution is 2.12. The van der Waals surface area contributed by atoms with Gasteiger partial charge in [0.2, 0.25) is 5.91 Å². The highest BCUT2D eigenvalue weighted by Gasteiger charge is 2.30. The molecule has 0 aliphatic carbocycles. The SMILES string of the molecule is CN(C)C(=O)C1CN(C(=O)CN2CCCCCC2)CCO1.